The molecule has 5 heteroatoms. The van der Waals surface area contributed by atoms with E-state index in [0.717, 1.165) is 32.1 Å². The van der Waals surface area contributed by atoms with Gasteiger partial charge in [-0.05, 0) is 25.0 Å². The zero-order valence-corrected chi connectivity index (χ0v) is 10.4. The molecule has 0 saturated heterocycles. The van der Waals surface area contributed by atoms with E-state index in [2.05, 4.69) is 5.32 Å². The van der Waals surface area contributed by atoms with Crippen LogP contribution in [0.25, 0.3) is 0 Å². The molecule has 0 atom stereocenters. The lowest BCUT2D eigenvalue weighted by molar-refractivity contribution is 0.00501. The van der Waals surface area contributed by atoms with E-state index in [-0.39, 0.29) is 24.8 Å². The molecule has 0 spiro atoms. The van der Waals surface area contributed by atoms with Crippen molar-refractivity contribution in [2.24, 2.45) is 5.73 Å². The lowest BCUT2D eigenvalue weighted by atomic mass is 9.85. The Morgan fingerprint density at radius 3 is 2.72 bits per heavy atom. The van der Waals surface area contributed by atoms with Crippen molar-refractivity contribution in [1.82, 2.24) is 5.32 Å². The molecule has 5 nitrogen and oxygen atoms in total. The summed E-state index contributed by atoms with van der Waals surface area (Å²) in [6, 6.07) is 3.28. The molecule has 100 valence electrons. The number of amides is 1. The van der Waals surface area contributed by atoms with Crippen LogP contribution in [0.3, 0.4) is 0 Å². The Hall–Kier alpha value is -1.33. The van der Waals surface area contributed by atoms with E-state index in [4.69, 9.17) is 10.2 Å². The van der Waals surface area contributed by atoms with E-state index >= 15 is 0 Å². The summed E-state index contributed by atoms with van der Waals surface area (Å²) in [6.07, 6.45) is 4.70. The van der Waals surface area contributed by atoms with E-state index in [0.29, 0.717) is 5.76 Å². The Balaban J connectivity index is 1.87. The molecule has 0 aliphatic heterocycles. The lowest BCUT2D eigenvalue weighted by Gasteiger charge is -2.31. The molecule has 2 rings (SSSR count). The van der Waals surface area contributed by atoms with Crippen molar-refractivity contribution in [1.29, 1.82) is 0 Å². The molecule has 0 unspecified atom stereocenters. The number of nitrogens with two attached hydrogens (primary N) is 1. The zero-order valence-electron chi connectivity index (χ0n) is 10.4. The first-order chi connectivity index (χ1) is 8.63. The van der Waals surface area contributed by atoms with E-state index in [1.165, 1.54) is 0 Å². The quantitative estimate of drug-likeness (QED) is 0.750. The van der Waals surface area contributed by atoms with Gasteiger partial charge in [-0.3, -0.25) is 4.79 Å². The van der Waals surface area contributed by atoms with Crippen molar-refractivity contribution in [3.05, 3.63) is 23.7 Å². The fraction of sp³-hybridized carbons (Fsp3) is 0.615. The Morgan fingerprint density at radius 1 is 1.39 bits per heavy atom. The van der Waals surface area contributed by atoms with Crippen LogP contribution in [-0.2, 0) is 6.54 Å². The van der Waals surface area contributed by atoms with Crippen LogP contribution in [0.4, 0.5) is 0 Å². The number of nitrogens with one attached hydrogen (secondary N) is 1. The van der Waals surface area contributed by atoms with Gasteiger partial charge < -0.3 is 20.6 Å². The molecule has 0 aromatic carbocycles. The van der Waals surface area contributed by atoms with Crippen molar-refractivity contribution in [3.8, 4) is 0 Å². The van der Waals surface area contributed by atoms with Gasteiger partial charge in [0.1, 0.15) is 5.76 Å². The molecular formula is C13H20N2O3. The van der Waals surface area contributed by atoms with E-state index in [9.17, 15) is 9.90 Å². The highest BCUT2D eigenvalue weighted by Crippen LogP contribution is 2.27. The van der Waals surface area contributed by atoms with Crippen LogP contribution >= 0.6 is 0 Å². The van der Waals surface area contributed by atoms with Gasteiger partial charge in [-0.25, -0.2) is 0 Å². The lowest BCUT2D eigenvalue weighted by Crippen LogP contribution is -2.44. The molecule has 0 bridgehead atoms. The molecule has 18 heavy (non-hydrogen) atoms. The maximum Gasteiger partial charge on any atom is 0.287 e. The molecular weight excluding hydrogens is 232 g/mol. The maximum atomic E-state index is 11.8. The summed E-state index contributed by atoms with van der Waals surface area (Å²) >= 11 is 0. The van der Waals surface area contributed by atoms with Crippen LogP contribution < -0.4 is 11.1 Å². The monoisotopic (exact) mass is 252 g/mol. The third kappa shape index (κ3) is 3.11. The first-order valence-electron chi connectivity index (χ1n) is 6.42. The second-order valence-electron chi connectivity index (χ2n) is 4.94. The molecule has 1 fully saturated rings. The molecule has 1 saturated carbocycles. The maximum absolute atomic E-state index is 11.8. The first kappa shape index (κ1) is 13.1. The third-order valence-corrected chi connectivity index (χ3v) is 3.45. The predicted octanol–water partition coefficient (Wildman–Crippen LogP) is 1.16. The highest BCUT2D eigenvalue weighted by molar-refractivity contribution is 5.91. The van der Waals surface area contributed by atoms with Crippen molar-refractivity contribution in [2.75, 3.05) is 6.54 Å². The fourth-order valence-corrected chi connectivity index (χ4v) is 2.33. The van der Waals surface area contributed by atoms with Crippen LogP contribution in [0.15, 0.2) is 16.5 Å². The topological polar surface area (TPSA) is 88.5 Å². The smallest absolute Gasteiger partial charge is 0.287 e. The fourth-order valence-electron chi connectivity index (χ4n) is 2.33. The van der Waals surface area contributed by atoms with Gasteiger partial charge in [-0.15, -0.1) is 0 Å². The second-order valence-corrected chi connectivity index (χ2v) is 4.94. The van der Waals surface area contributed by atoms with Crippen molar-refractivity contribution < 1.29 is 14.3 Å². The van der Waals surface area contributed by atoms with Crippen molar-refractivity contribution in [3.63, 3.8) is 0 Å². The SMILES string of the molecule is NCc1ccc(C(=O)NCC2(O)CCCCC2)o1. The summed E-state index contributed by atoms with van der Waals surface area (Å²) < 4.78 is 5.25. The molecule has 1 aromatic rings. The van der Waals surface area contributed by atoms with Gasteiger partial charge in [-0.1, -0.05) is 19.3 Å². The number of carbonyl (C=O) groups is 1. The average Bonchev–Trinajstić information content (AvgIpc) is 2.86. The highest BCUT2D eigenvalue weighted by Gasteiger charge is 2.29. The summed E-state index contributed by atoms with van der Waals surface area (Å²) in [7, 11) is 0. The van der Waals surface area contributed by atoms with Gasteiger partial charge in [-0.2, -0.15) is 0 Å². The van der Waals surface area contributed by atoms with E-state index in [1.54, 1.807) is 12.1 Å². The van der Waals surface area contributed by atoms with Gasteiger partial charge in [0.2, 0.25) is 0 Å². The minimum Gasteiger partial charge on any atom is -0.455 e. The van der Waals surface area contributed by atoms with Gasteiger partial charge in [0, 0.05) is 6.54 Å². The largest absolute Gasteiger partial charge is 0.455 e. The number of carbonyl (C=O) groups excluding carboxylic acids is 1. The van der Waals surface area contributed by atoms with E-state index < -0.39 is 5.60 Å². The van der Waals surface area contributed by atoms with Crippen LogP contribution in [-0.4, -0.2) is 23.2 Å². The minimum atomic E-state index is -0.753. The summed E-state index contributed by atoms with van der Waals surface area (Å²) in [6.45, 7) is 0.557. The molecule has 1 aliphatic rings. The standard InChI is InChI=1S/C13H20N2O3/c14-8-10-4-5-11(18-10)12(16)15-9-13(17)6-2-1-3-7-13/h4-5,17H,1-3,6-9,14H2,(H,15,16). The third-order valence-electron chi connectivity index (χ3n) is 3.45. The predicted molar refractivity (Wildman–Crippen MR) is 67.0 cm³/mol. The van der Waals surface area contributed by atoms with E-state index in [1.807, 2.05) is 0 Å². The minimum absolute atomic E-state index is 0.245. The second kappa shape index (κ2) is 5.54. The Bertz CT molecular complexity index is 408. The van der Waals surface area contributed by atoms with Gasteiger partial charge in [0.05, 0.1) is 12.1 Å². The van der Waals surface area contributed by atoms with Crippen LogP contribution in [0, 0.1) is 0 Å². The summed E-state index contributed by atoms with van der Waals surface area (Å²) in [5.41, 5.74) is 4.66. The highest BCUT2D eigenvalue weighted by atomic mass is 16.4. The molecule has 0 radical (unpaired) electrons. The summed E-state index contributed by atoms with van der Waals surface area (Å²) in [5, 5.41) is 13.0. The number of hydrogen-bond donors (Lipinski definition) is 3. The van der Waals surface area contributed by atoms with Crippen LogP contribution in [0.1, 0.15) is 48.4 Å². The number of rotatable bonds is 4. The van der Waals surface area contributed by atoms with Crippen LogP contribution in [0.5, 0.6) is 0 Å². The van der Waals surface area contributed by atoms with Crippen molar-refractivity contribution >= 4 is 5.91 Å². The molecule has 4 N–H and O–H groups in total. The number of aliphatic hydroxyl groups is 1. The van der Waals surface area contributed by atoms with Crippen molar-refractivity contribution in [2.45, 2.75) is 44.2 Å². The molecule has 1 aromatic heterocycles. The number of furan rings is 1. The van der Waals surface area contributed by atoms with Gasteiger partial charge in [0.25, 0.3) is 5.91 Å². The molecule has 1 aliphatic carbocycles. The normalized spacial score (nSPS) is 18.6. The average molecular weight is 252 g/mol. The van der Waals surface area contributed by atoms with Gasteiger partial charge >= 0.3 is 0 Å². The molecule has 1 amide bonds. The zero-order chi connectivity index (χ0) is 13.0. The Morgan fingerprint density at radius 2 is 2.11 bits per heavy atom. The van der Waals surface area contributed by atoms with Gasteiger partial charge in [0.15, 0.2) is 5.76 Å². The first-order valence-corrected chi connectivity index (χ1v) is 6.42. The Labute approximate surface area is 106 Å². The number of hydrogen-bond acceptors (Lipinski definition) is 4. The Kier molecular flexibility index (Phi) is 4.04. The molecule has 1 heterocycles. The summed E-state index contributed by atoms with van der Waals surface area (Å²) in [4.78, 5) is 11.8. The van der Waals surface area contributed by atoms with Crippen LogP contribution in [0.2, 0.25) is 0 Å². The summed E-state index contributed by atoms with van der Waals surface area (Å²) in [5.74, 6) is 0.528.